The Morgan fingerprint density at radius 2 is 2.17 bits per heavy atom. The van der Waals surface area contributed by atoms with Gasteiger partial charge < -0.3 is 9.47 Å². The third-order valence-electron chi connectivity index (χ3n) is 3.86. The van der Waals surface area contributed by atoms with Gasteiger partial charge in [-0.25, -0.2) is 0 Å². The summed E-state index contributed by atoms with van der Waals surface area (Å²) < 4.78 is 11.0. The number of ketones is 1. The number of carbonyl (C=O) groups is 1. The first-order valence-electron chi connectivity index (χ1n) is 6.64. The van der Waals surface area contributed by atoms with E-state index in [1.54, 1.807) is 0 Å². The zero-order valence-corrected chi connectivity index (χ0v) is 10.4. The molecule has 0 aliphatic carbocycles. The monoisotopic (exact) mass is 246 g/mol. The molecule has 3 heteroatoms. The van der Waals surface area contributed by atoms with E-state index in [1.807, 2.05) is 12.1 Å². The molecule has 1 fully saturated rings. The second-order valence-electron chi connectivity index (χ2n) is 5.04. The zero-order chi connectivity index (χ0) is 12.4. The van der Waals surface area contributed by atoms with E-state index in [2.05, 4.69) is 12.1 Å². The van der Waals surface area contributed by atoms with E-state index < -0.39 is 0 Å². The molecule has 0 saturated carbocycles. The molecular formula is C15H18O3. The lowest BCUT2D eigenvalue weighted by Gasteiger charge is -2.26. The molecule has 2 unspecified atom stereocenters. The maximum absolute atomic E-state index is 12.2. The van der Waals surface area contributed by atoms with Gasteiger partial charge in [0.05, 0.1) is 19.3 Å². The Morgan fingerprint density at radius 1 is 1.28 bits per heavy atom. The van der Waals surface area contributed by atoms with E-state index in [1.165, 1.54) is 11.1 Å². The highest BCUT2D eigenvalue weighted by Gasteiger charge is 2.28. The van der Waals surface area contributed by atoms with Crippen molar-refractivity contribution >= 4 is 5.78 Å². The minimum atomic E-state index is -0.0527. The average molecular weight is 246 g/mol. The maximum Gasteiger partial charge on any atom is 0.141 e. The van der Waals surface area contributed by atoms with Crippen LogP contribution in [0.5, 0.6) is 0 Å². The molecule has 1 aromatic rings. The first kappa shape index (κ1) is 11.9. The van der Waals surface area contributed by atoms with E-state index in [4.69, 9.17) is 9.47 Å². The van der Waals surface area contributed by atoms with Gasteiger partial charge in [0.2, 0.25) is 0 Å². The van der Waals surface area contributed by atoms with Crippen LogP contribution >= 0.6 is 0 Å². The predicted octanol–water partition coefficient (Wildman–Crippen LogP) is 2.30. The van der Waals surface area contributed by atoms with Crippen molar-refractivity contribution in [2.75, 3.05) is 19.8 Å². The Balaban J connectivity index is 1.72. The molecule has 3 rings (SSSR count). The van der Waals surface area contributed by atoms with Crippen LogP contribution in [0.3, 0.4) is 0 Å². The quantitative estimate of drug-likeness (QED) is 0.821. The minimum absolute atomic E-state index is 0.0527. The summed E-state index contributed by atoms with van der Waals surface area (Å²) in [6.07, 6.45) is 2.26. The molecule has 96 valence electrons. The highest BCUT2D eigenvalue weighted by molar-refractivity contribution is 5.82. The SMILES string of the molecule is O=C(CC1OCCc2ccccc21)C1CCOC1. The summed E-state index contributed by atoms with van der Waals surface area (Å²) in [5.74, 6) is 0.372. The molecule has 2 aliphatic heterocycles. The number of rotatable bonds is 3. The summed E-state index contributed by atoms with van der Waals surface area (Å²) in [6.45, 7) is 2.03. The number of hydrogen-bond acceptors (Lipinski definition) is 3. The van der Waals surface area contributed by atoms with Crippen LogP contribution in [0.25, 0.3) is 0 Å². The van der Waals surface area contributed by atoms with Gasteiger partial charge in [-0.15, -0.1) is 0 Å². The number of ether oxygens (including phenoxy) is 2. The largest absolute Gasteiger partial charge is 0.381 e. The Hall–Kier alpha value is -1.19. The van der Waals surface area contributed by atoms with Crippen molar-refractivity contribution in [1.29, 1.82) is 0 Å². The van der Waals surface area contributed by atoms with Crippen LogP contribution in [-0.2, 0) is 20.7 Å². The average Bonchev–Trinajstić information content (AvgIpc) is 2.93. The molecule has 2 aliphatic rings. The molecular weight excluding hydrogens is 228 g/mol. The van der Waals surface area contributed by atoms with Crippen LogP contribution in [-0.4, -0.2) is 25.6 Å². The van der Waals surface area contributed by atoms with Crippen LogP contribution in [0.2, 0.25) is 0 Å². The smallest absolute Gasteiger partial charge is 0.141 e. The fourth-order valence-corrected chi connectivity index (χ4v) is 2.78. The van der Waals surface area contributed by atoms with E-state index in [0.717, 1.165) is 26.1 Å². The lowest BCUT2D eigenvalue weighted by Crippen LogP contribution is -2.23. The van der Waals surface area contributed by atoms with Gasteiger partial charge >= 0.3 is 0 Å². The van der Waals surface area contributed by atoms with Crippen molar-refractivity contribution in [3.8, 4) is 0 Å². The molecule has 18 heavy (non-hydrogen) atoms. The topological polar surface area (TPSA) is 35.5 Å². The Kier molecular flexibility index (Phi) is 3.43. The van der Waals surface area contributed by atoms with Crippen LogP contribution in [0.15, 0.2) is 24.3 Å². The van der Waals surface area contributed by atoms with Gasteiger partial charge in [0, 0.05) is 18.9 Å². The van der Waals surface area contributed by atoms with Crippen LogP contribution in [0.4, 0.5) is 0 Å². The van der Waals surface area contributed by atoms with Gasteiger partial charge in [0.1, 0.15) is 5.78 Å². The van der Waals surface area contributed by atoms with Crippen molar-refractivity contribution in [3.63, 3.8) is 0 Å². The number of hydrogen-bond donors (Lipinski definition) is 0. The maximum atomic E-state index is 12.2. The Bertz CT molecular complexity index is 435. The molecule has 2 heterocycles. The van der Waals surface area contributed by atoms with E-state index in [9.17, 15) is 4.79 Å². The molecule has 1 aromatic carbocycles. The van der Waals surface area contributed by atoms with Crippen LogP contribution in [0.1, 0.15) is 30.1 Å². The third-order valence-corrected chi connectivity index (χ3v) is 3.86. The van der Waals surface area contributed by atoms with Gasteiger partial charge in [-0.1, -0.05) is 24.3 Å². The molecule has 0 N–H and O–H groups in total. The Morgan fingerprint density at radius 3 is 3.00 bits per heavy atom. The highest BCUT2D eigenvalue weighted by atomic mass is 16.5. The summed E-state index contributed by atoms with van der Waals surface area (Å²) in [7, 11) is 0. The lowest BCUT2D eigenvalue weighted by atomic mass is 9.91. The lowest BCUT2D eigenvalue weighted by molar-refractivity contribution is -0.126. The molecule has 3 nitrogen and oxygen atoms in total. The third kappa shape index (κ3) is 2.33. The number of carbonyl (C=O) groups excluding carboxylic acids is 1. The number of Topliss-reactive ketones (excluding diaryl/α,β-unsaturated/α-hetero) is 1. The highest BCUT2D eigenvalue weighted by Crippen LogP contribution is 2.31. The van der Waals surface area contributed by atoms with E-state index >= 15 is 0 Å². The van der Waals surface area contributed by atoms with Crippen molar-refractivity contribution in [2.45, 2.75) is 25.4 Å². The summed E-state index contributed by atoms with van der Waals surface area (Å²) >= 11 is 0. The van der Waals surface area contributed by atoms with Gasteiger partial charge in [0.15, 0.2) is 0 Å². The fraction of sp³-hybridized carbons (Fsp3) is 0.533. The first-order chi connectivity index (χ1) is 8.84. The number of benzene rings is 1. The van der Waals surface area contributed by atoms with Gasteiger partial charge in [-0.05, 0) is 24.0 Å². The second-order valence-corrected chi connectivity index (χ2v) is 5.04. The zero-order valence-electron chi connectivity index (χ0n) is 10.4. The molecule has 0 amide bonds. The summed E-state index contributed by atoms with van der Waals surface area (Å²) in [5.41, 5.74) is 2.51. The number of fused-ring (bicyclic) bond motifs is 1. The predicted molar refractivity (Wildman–Crippen MR) is 67.4 cm³/mol. The van der Waals surface area contributed by atoms with Crippen LogP contribution < -0.4 is 0 Å². The minimum Gasteiger partial charge on any atom is -0.381 e. The van der Waals surface area contributed by atoms with Crippen molar-refractivity contribution < 1.29 is 14.3 Å². The molecule has 0 aromatic heterocycles. The van der Waals surface area contributed by atoms with Crippen LogP contribution in [0, 0.1) is 5.92 Å². The van der Waals surface area contributed by atoms with E-state index in [-0.39, 0.29) is 17.8 Å². The first-order valence-corrected chi connectivity index (χ1v) is 6.64. The molecule has 0 radical (unpaired) electrons. The summed E-state index contributed by atoms with van der Waals surface area (Å²) in [5, 5.41) is 0. The van der Waals surface area contributed by atoms with Crippen molar-refractivity contribution in [1.82, 2.24) is 0 Å². The summed E-state index contributed by atoms with van der Waals surface area (Å²) in [4.78, 5) is 12.2. The standard InChI is InChI=1S/C15H18O3/c16-14(12-5-7-17-10-12)9-15-13-4-2-1-3-11(13)6-8-18-15/h1-4,12,15H,5-10H2. The fourth-order valence-electron chi connectivity index (χ4n) is 2.78. The normalized spacial score (nSPS) is 26.9. The van der Waals surface area contributed by atoms with Gasteiger partial charge in [-0.2, -0.15) is 0 Å². The Labute approximate surface area is 107 Å². The van der Waals surface area contributed by atoms with E-state index in [0.29, 0.717) is 13.0 Å². The second kappa shape index (κ2) is 5.21. The molecule has 1 saturated heterocycles. The molecule has 2 atom stereocenters. The summed E-state index contributed by atoms with van der Waals surface area (Å²) in [6, 6.07) is 8.28. The van der Waals surface area contributed by atoms with Crippen molar-refractivity contribution in [2.24, 2.45) is 5.92 Å². The van der Waals surface area contributed by atoms with Crippen molar-refractivity contribution in [3.05, 3.63) is 35.4 Å². The molecule has 0 spiro atoms. The van der Waals surface area contributed by atoms with Gasteiger partial charge in [0.25, 0.3) is 0 Å². The van der Waals surface area contributed by atoms with Gasteiger partial charge in [-0.3, -0.25) is 4.79 Å². The molecule has 0 bridgehead atoms.